The topological polar surface area (TPSA) is 126 Å². The fraction of sp³-hybridized carbons (Fsp3) is 0.600. The monoisotopic (exact) mass is 499 g/mol. The lowest BCUT2D eigenvalue weighted by Crippen LogP contribution is -2.76. The Bertz CT molecular complexity index is 1220. The summed E-state index contributed by atoms with van der Waals surface area (Å²) in [5.74, 6) is -0.351. The average molecular weight is 500 g/mol. The minimum absolute atomic E-state index is 0.0214. The summed E-state index contributed by atoms with van der Waals surface area (Å²) in [5.41, 5.74) is -0.126. The number of nitrogens with zero attached hydrogens (tertiary/aromatic N) is 2. The molecule has 2 saturated heterocycles. The summed E-state index contributed by atoms with van der Waals surface area (Å²) in [5, 5.41) is 12.8. The second kappa shape index (κ2) is 8.43. The van der Waals surface area contributed by atoms with E-state index in [2.05, 4.69) is 21.1 Å². The highest BCUT2D eigenvalue weighted by Gasteiger charge is 2.64. The third-order valence-corrected chi connectivity index (χ3v) is 8.30. The van der Waals surface area contributed by atoms with Crippen molar-refractivity contribution in [3.63, 3.8) is 0 Å². The average Bonchev–Trinajstić information content (AvgIpc) is 3.25. The molecule has 1 saturated carbocycles. The number of carbonyl (C=O) groups is 3. The largest absolute Gasteiger partial charge is 0.368 e. The molecule has 4 heterocycles. The molecule has 4 aliphatic rings. The Morgan fingerprint density at radius 1 is 1.11 bits per heavy atom. The summed E-state index contributed by atoms with van der Waals surface area (Å²) in [6.45, 7) is 4.11. The van der Waals surface area contributed by atoms with Crippen LogP contribution in [0.1, 0.15) is 51.5 Å². The summed E-state index contributed by atoms with van der Waals surface area (Å²) in [4.78, 5) is 40.0. The van der Waals surface area contributed by atoms with E-state index >= 15 is 4.39 Å². The molecule has 2 aromatic rings. The summed E-state index contributed by atoms with van der Waals surface area (Å²) in [6, 6.07) is 1.70. The first-order valence-corrected chi connectivity index (χ1v) is 12.7. The molecule has 1 spiro atoms. The van der Waals surface area contributed by atoms with Gasteiger partial charge in [-0.25, -0.2) is 9.18 Å². The van der Waals surface area contributed by atoms with E-state index < -0.39 is 47.8 Å². The van der Waals surface area contributed by atoms with Crippen molar-refractivity contribution in [1.82, 2.24) is 15.8 Å². The van der Waals surface area contributed by atoms with Gasteiger partial charge in [-0.15, -0.1) is 0 Å². The molecule has 4 atom stereocenters. The second-order valence-electron chi connectivity index (χ2n) is 10.5. The number of barbiturate groups is 1. The van der Waals surface area contributed by atoms with Crippen molar-refractivity contribution in [3.8, 4) is 0 Å². The van der Waals surface area contributed by atoms with Gasteiger partial charge in [-0.1, -0.05) is 24.4 Å². The van der Waals surface area contributed by atoms with Gasteiger partial charge in [-0.05, 0) is 50.7 Å². The molecular formula is C25H30FN5O5. The number of hydrogen-bond donors (Lipinski definition) is 3. The molecule has 11 heteroatoms. The van der Waals surface area contributed by atoms with Crippen molar-refractivity contribution >= 4 is 40.3 Å². The van der Waals surface area contributed by atoms with Crippen LogP contribution in [0.2, 0.25) is 0 Å². The van der Waals surface area contributed by atoms with Crippen LogP contribution in [0.15, 0.2) is 16.7 Å². The molecule has 4 amide bonds. The van der Waals surface area contributed by atoms with Crippen molar-refractivity contribution in [2.45, 2.75) is 76.9 Å². The maximum atomic E-state index is 15.8. The number of aromatic nitrogens is 1. The van der Waals surface area contributed by atoms with Crippen LogP contribution in [0, 0.1) is 11.3 Å². The van der Waals surface area contributed by atoms with Crippen LogP contribution < -0.4 is 20.9 Å². The highest BCUT2D eigenvalue weighted by Crippen LogP contribution is 2.49. The predicted octanol–water partition coefficient (Wildman–Crippen LogP) is 3.01. The summed E-state index contributed by atoms with van der Waals surface area (Å²) < 4.78 is 27.2. The van der Waals surface area contributed by atoms with Gasteiger partial charge in [0.15, 0.2) is 23.1 Å². The van der Waals surface area contributed by atoms with E-state index in [-0.39, 0.29) is 6.42 Å². The zero-order chi connectivity index (χ0) is 25.2. The number of imide groups is 2. The van der Waals surface area contributed by atoms with Gasteiger partial charge >= 0.3 is 6.03 Å². The molecular weight excluding hydrogens is 469 g/mol. The zero-order valence-corrected chi connectivity index (χ0v) is 20.3. The number of halogens is 1. The number of amides is 4. The Hall–Kier alpha value is -3.21. The molecule has 3 aliphatic heterocycles. The lowest BCUT2D eigenvalue weighted by Gasteiger charge is -2.56. The first kappa shape index (κ1) is 23.2. The number of alkyl halides is 1. The van der Waals surface area contributed by atoms with E-state index in [1.165, 1.54) is 37.0 Å². The van der Waals surface area contributed by atoms with Crippen molar-refractivity contribution in [2.75, 3.05) is 16.8 Å². The minimum Gasteiger partial charge on any atom is -0.368 e. The molecule has 1 aromatic heterocycles. The van der Waals surface area contributed by atoms with Gasteiger partial charge in [-0.3, -0.25) is 20.2 Å². The van der Waals surface area contributed by atoms with Gasteiger partial charge < -0.3 is 19.5 Å². The summed E-state index contributed by atoms with van der Waals surface area (Å²) in [7, 11) is 0. The number of rotatable bonds is 3. The molecule has 36 heavy (non-hydrogen) atoms. The van der Waals surface area contributed by atoms with Gasteiger partial charge in [0.2, 0.25) is 11.8 Å². The highest BCUT2D eigenvalue weighted by molar-refractivity contribution is 6.20. The van der Waals surface area contributed by atoms with E-state index in [1.54, 1.807) is 19.9 Å². The number of carbonyl (C=O) groups excluding carboxylic acids is 3. The third kappa shape index (κ3) is 3.39. The SMILES string of the molecule is C[C@@H]1O[C@H](C)C(F)N2c3cc4onc(NCC5CCCCC5)c4cc3CC3(C(=O)NC(=O)NC3=O)[C@@H]12. The molecule has 1 aliphatic carbocycles. The smallest absolute Gasteiger partial charge is 0.328 e. The molecule has 3 N–H and O–H groups in total. The molecule has 192 valence electrons. The van der Waals surface area contributed by atoms with Gasteiger partial charge in [0.05, 0.1) is 17.5 Å². The quantitative estimate of drug-likeness (QED) is 0.435. The number of ether oxygens (including phenoxy) is 1. The van der Waals surface area contributed by atoms with Crippen LogP contribution in [-0.4, -0.2) is 54.1 Å². The van der Waals surface area contributed by atoms with E-state index in [0.717, 1.165) is 6.54 Å². The van der Waals surface area contributed by atoms with E-state index in [0.29, 0.717) is 34.0 Å². The fourth-order valence-corrected chi connectivity index (χ4v) is 6.56. The third-order valence-electron chi connectivity index (χ3n) is 8.30. The Morgan fingerprint density at radius 2 is 1.83 bits per heavy atom. The maximum absolute atomic E-state index is 15.8. The van der Waals surface area contributed by atoms with Gasteiger partial charge in [0.1, 0.15) is 6.10 Å². The second-order valence-corrected chi connectivity index (χ2v) is 10.5. The van der Waals surface area contributed by atoms with Crippen LogP contribution in [0.4, 0.5) is 20.7 Å². The van der Waals surface area contributed by atoms with Crippen LogP contribution in [0.3, 0.4) is 0 Å². The van der Waals surface area contributed by atoms with Crippen LogP contribution in [0.25, 0.3) is 11.0 Å². The van der Waals surface area contributed by atoms with Gasteiger partial charge in [0.25, 0.3) is 0 Å². The number of nitrogens with one attached hydrogen (secondary N) is 3. The molecule has 3 fully saturated rings. The van der Waals surface area contributed by atoms with E-state index in [9.17, 15) is 14.4 Å². The van der Waals surface area contributed by atoms with Gasteiger partial charge in [0, 0.05) is 18.3 Å². The first-order valence-electron chi connectivity index (χ1n) is 12.7. The Kier molecular flexibility index (Phi) is 5.43. The molecule has 6 rings (SSSR count). The van der Waals surface area contributed by atoms with E-state index in [4.69, 9.17) is 9.26 Å². The lowest BCUT2D eigenvalue weighted by molar-refractivity contribution is -0.159. The van der Waals surface area contributed by atoms with Crippen molar-refractivity contribution in [1.29, 1.82) is 0 Å². The van der Waals surface area contributed by atoms with Gasteiger partial charge in [-0.2, -0.15) is 0 Å². The van der Waals surface area contributed by atoms with Crippen molar-refractivity contribution in [2.24, 2.45) is 11.3 Å². The molecule has 0 radical (unpaired) electrons. The maximum Gasteiger partial charge on any atom is 0.328 e. The zero-order valence-electron chi connectivity index (χ0n) is 20.3. The van der Waals surface area contributed by atoms with Crippen LogP contribution in [0.5, 0.6) is 0 Å². The van der Waals surface area contributed by atoms with Crippen molar-refractivity contribution in [3.05, 3.63) is 17.7 Å². The highest BCUT2D eigenvalue weighted by atomic mass is 19.1. The number of urea groups is 1. The fourth-order valence-electron chi connectivity index (χ4n) is 6.56. The predicted molar refractivity (Wildman–Crippen MR) is 128 cm³/mol. The molecule has 0 bridgehead atoms. The number of anilines is 2. The summed E-state index contributed by atoms with van der Waals surface area (Å²) in [6.07, 6.45) is 2.99. The standard InChI is InChI=1S/C25H30FN5O5/c1-12-19-25(22(32)28-24(34)29-23(25)33)10-15-8-16-18(9-17(15)31(19)20(26)13(2)35-12)36-30-21(16)27-11-14-6-4-3-5-7-14/h8-9,12-14,19-20H,3-7,10-11H2,1-2H3,(H,27,30)(H2,28,29,32,33,34)/t12-,13+,19+,20?/m0/s1. The first-order chi connectivity index (χ1) is 17.3. The van der Waals surface area contributed by atoms with E-state index in [1.807, 2.05) is 6.07 Å². The Labute approximate surface area is 207 Å². The molecule has 1 unspecified atom stereocenters. The minimum atomic E-state index is -1.74. The number of fused-ring (bicyclic) bond motifs is 5. The Balaban J connectivity index is 1.44. The van der Waals surface area contributed by atoms with Crippen molar-refractivity contribution < 1.29 is 28.0 Å². The molecule has 10 nitrogen and oxygen atoms in total. The number of hydrogen-bond acceptors (Lipinski definition) is 8. The lowest BCUT2D eigenvalue weighted by atomic mass is 9.66. The Morgan fingerprint density at radius 3 is 2.56 bits per heavy atom. The molecule has 1 aromatic carbocycles. The van der Waals surface area contributed by atoms with Crippen LogP contribution in [-0.2, 0) is 20.7 Å². The summed E-state index contributed by atoms with van der Waals surface area (Å²) >= 11 is 0. The normalized spacial score (nSPS) is 30.1. The van der Waals surface area contributed by atoms with Crippen LogP contribution >= 0.6 is 0 Å². The number of morpholine rings is 1. The number of benzene rings is 1.